The van der Waals surface area contributed by atoms with Crippen LogP contribution in [0.4, 0.5) is 0 Å². The minimum atomic E-state index is -0.855. The number of hydrogen-bond acceptors (Lipinski definition) is 1. The highest BCUT2D eigenvalue weighted by Crippen LogP contribution is 2.29. The molecule has 0 heterocycles. The largest absolute Gasteiger partial charge is 0.481 e. The zero-order valence-corrected chi connectivity index (χ0v) is 9.32. The van der Waals surface area contributed by atoms with Crippen molar-refractivity contribution in [1.29, 1.82) is 0 Å². The molecule has 1 rings (SSSR count). The average Bonchev–Trinajstić information content (AvgIpc) is 2.05. The molecule has 0 fully saturated rings. The fourth-order valence-electron chi connectivity index (χ4n) is 1.06. The first kappa shape index (κ1) is 10.5. The van der Waals surface area contributed by atoms with Gasteiger partial charge in [-0.25, -0.2) is 0 Å². The Hall–Kier alpha value is -0.540. The Balaban J connectivity index is 3.17. The lowest BCUT2D eigenvalue weighted by Crippen LogP contribution is -2.03. The van der Waals surface area contributed by atoms with Crippen LogP contribution in [0.2, 0.25) is 5.02 Å². The normalized spacial score (nSPS) is 10.1. The minimum Gasteiger partial charge on any atom is -0.481 e. The van der Waals surface area contributed by atoms with Gasteiger partial charge in [0.15, 0.2) is 0 Å². The van der Waals surface area contributed by atoms with Crippen LogP contribution in [-0.4, -0.2) is 11.1 Å². The van der Waals surface area contributed by atoms with Crippen molar-refractivity contribution in [3.8, 4) is 0 Å². The van der Waals surface area contributed by atoms with Gasteiger partial charge in [-0.05, 0) is 40.0 Å². The van der Waals surface area contributed by atoms with E-state index in [0.717, 1.165) is 11.1 Å². The molecule has 0 aliphatic heterocycles. The van der Waals surface area contributed by atoms with Crippen molar-refractivity contribution < 1.29 is 9.90 Å². The third-order valence-corrected chi connectivity index (χ3v) is 3.21. The van der Waals surface area contributed by atoms with Gasteiger partial charge in [0.2, 0.25) is 0 Å². The SMILES string of the molecule is Cc1ccc(Cl)c(Br)c1CC(=O)O. The summed E-state index contributed by atoms with van der Waals surface area (Å²) in [5.74, 6) is -0.855. The molecule has 4 heteroatoms. The second-order valence-electron chi connectivity index (χ2n) is 2.73. The number of aryl methyl sites for hydroxylation is 1. The molecule has 1 aromatic carbocycles. The van der Waals surface area contributed by atoms with E-state index in [4.69, 9.17) is 16.7 Å². The maximum absolute atomic E-state index is 10.5. The Morgan fingerprint density at radius 2 is 2.23 bits per heavy atom. The fourth-order valence-corrected chi connectivity index (χ4v) is 1.82. The molecule has 0 radical (unpaired) electrons. The van der Waals surface area contributed by atoms with E-state index in [2.05, 4.69) is 15.9 Å². The summed E-state index contributed by atoms with van der Waals surface area (Å²) in [4.78, 5) is 10.5. The zero-order chi connectivity index (χ0) is 10.0. The molecule has 0 saturated carbocycles. The number of rotatable bonds is 2. The second kappa shape index (κ2) is 4.11. The summed E-state index contributed by atoms with van der Waals surface area (Å²) in [6.07, 6.45) is -0.00697. The molecular weight excluding hydrogens is 255 g/mol. The maximum Gasteiger partial charge on any atom is 0.307 e. The van der Waals surface area contributed by atoms with Gasteiger partial charge in [-0.2, -0.15) is 0 Å². The molecule has 0 aromatic heterocycles. The predicted molar refractivity (Wildman–Crippen MR) is 55.2 cm³/mol. The van der Waals surface area contributed by atoms with Crippen LogP contribution >= 0.6 is 27.5 Å². The zero-order valence-electron chi connectivity index (χ0n) is 6.97. The predicted octanol–water partition coefficient (Wildman–Crippen LogP) is 3.04. The van der Waals surface area contributed by atoms with Crippen molar-refractivity contribution in [2.45, 2.75) is 13.3 Å². The molecule has 0 aliphatic carbocycles. The van der Waals surface area contributed by atoms with Gasteiger partial charge in [-0.15, -0.1) is 0 Å². The van der Waals surface area contributed by atoms with Crippen molar-refractivity contribution in [3.63, 3.8) is 0 Å². The lowest BCUT2D eigenvalue weighted by molar-refractivity contribution is -0.136. The van der Waals surface area contributed by atoms with Crippen LogP contribution in [0.3, 0.4) is 0 Å². The van der Waals surface area contributed by atoms with Crippen molar-refractivity contribution in [2.24, 2.45) is 0 Å². The van der Waals surface area contributed by atoms with Crippen LogP contribution in [-0.2, 0) is 11.2 Å². The highest BCUT2D eigenvalue weighted by Gasteiger charge is 2.10. The van der Waals surface area contributed by atoms with Gasteiger partial charge in [0.1, 0.15) is 0 Å². The third kappa shape index (κ3) is 2.45. The number of benzene rings is 1. The summed E-state index contributed by atoms with van der Waals surface area (Å²) in [7, 11) is 0. The highest BCUT2D eigenvalue weighted by atomic mass is 79.9. The van der Waals surface area contributed by atoms with Crippen LogP contribution in [0.5, 0.6) is 0 Å². The Bertz CT molecular complexity index is 350. The van der Waals surface area contributed by atoms with E-state index < -0.39 is 5.97 Å². The highest BCUT2D eigenvalue weighted by molar-refractivity contribution is 9.10. The van der Waals surface area contributed by atoms with E-state index >= 15 is 0 Å². The van der Waals surface area contributed by atoms with E-state index in [-0.39, 0.29) is 6.42 Å². The molecule has 0 unspecified atom stereocenters. The van der Waals surface area contributed by atoms with Gasteiger partial charge in [0.25, 0.3) is 0 Å². The molecule has 0 bridgehead atoms. The van der Waals surface area contributed by atoms with Gasteiger partial charge in [0, 0.05) is 4.47 Å². The molecule has 0 atom stereocenters. The lowest BCUT2D eigenvalue weighted by Gasteiger charge is -2.06. The quantitative estimate of drug-likeness (QED) is 0.890. The lowest BCUT2D eigenvalue weighted by atomic mass is 10.1. The summed E-state index contributed by atoms with van der Waals surface area (Å²) in [6.45, 7) is 1.86. The molecule has 13 heavy (non-hydrogen) atoms. The number of carboxylic acids is 1. The van der Waals surface area contributed by atoms with Crippen LogP contribution in [0.1, 0.15) is 11.1 Å². The summed E-state index contributed by atoms with van der Waals surface area (Å²) in [5.41, 5.74) is 1.67. The Kier molecular flexibility index (Phi) is 3.33. The Morgan fingerprint density at radius 1 is 1.62 bits per heavy atom. The second-order valence-corrected chi connectivity index (χ2v) is 3.93. The molecule has 1 aromatic rings. The smallest absolute Gasteiger partial charge is 0.307 e. The van der Waals surface area contributed by atoms with Crippen LogP contribution in [0, 0.1) is 6.92 Å². The van der Waals surface area contributed by atoms with Gasteiger partial charge in [-0.1, -0.05) is 17.7 Å². The number of halogens is 2. The Labute approximate surface area is 89.7 Å². The van der Waals surface area contributed by atoms with E-state index in [1.54, 1.807) is 6.07 Å². The molecule has 0 spiro atoms. The van der Waals surface area contributed by atoms with Crippen LogP contribution in [0.25, 0.3) is 0 Å². The summed E-state index contributed by atoms with van der Waals surface area (Å²) < 4.78 is 0.677. The monoisotopic (exact) mass is 262 g/mol. The Morgan fingerprint density at radius 3 is 2.77 bits per heavy atom. The number of carbonyl (C=O) groups is 1. The van der Waals surface area contributed by atoms with Gasteiger partial charge >= 0.3 is 5.97 Å². The maximum atomic E-state index is 10.5. The van der Waals surface area contributed by atoms with Crippen molar-refractivity contribution in [2.75, 3.05) is 0 Å². The first-order valence-corrected chi connectivity index (χ1v) is 4.84. The van der Waals surface area contributed by atoms with Gasteiger partial charge < -0.3 is 5.11 Å². The molecule has 0 saturated heterocycles. The van der Waals surface area contributed by atoms with E-state index in [9.17, 15) is 4.79 Å². The number of carboxylic acid groups (broad SMARTS) is 1. The topological polar surface area (TPSA) is 37.3 Å². The van der Waals surface area contributed by atoms with Crippen molar-refractivity contribution in [1.82, 2.24) is 0 Å². The molecule has 2 nitrogen and oxygen atoms in total. The minimum absolute atomic E-state index is 0.00697. The molecule has 0 amide bonds. The van der Waals surface area contributed by atoms with Crippen molar-refractivity contribution >= 4 is 33.5 Å². The van der Waals surface area contributed by atoms with Gasteiger partial charge in [0.05, 0.1) is 11.4 Å². The van der Waals surface area contributed by atoms with E-state index in [1.165, 1.54) is 0 Å². The first-order chi connectivity index (χ1) is 6.02. The first-order valence-electron chi connectivity index (χ1n) is 3.67. The number of aliphatic carboxylic acids is 1. The van der Waals surface area contributed by atoms with E-state index in [0.29, 0.717) is 9.50 Å². The standard InChI is InChI=1S/C9H8BrClO2/c1-5-2-3-7(11)9(10)6(5)4-8(12)13/h2-3H,4H2,1H3,(H,12,13). The van der Waals surface area contributed by atoms with Crippen molar-refractivity contribution in [3.05, 3.63) is 32.8 Å². The van der Waals surface area contributed by atoms with Gasteiger partial charge in [-0.3, -0.25) is 4.79 Å². The number of hydrogen-bond donors (Lipinski definition) is 1. The van der Waals surface area contributed by atoms with E-state index in [1.807, 2.05) is 13.0 Å². The molecular formula is C9H8BrClO2. The summed E-state index contributed by atoms with van der Waals surface area (Å²) >= 11 is 9.09. The molecule has 70 valence electrons. The summed E-state index contributed by atoms with van der Waals surface area (Å²) in [5, 5.41) is 9.19. The average molecular weight is 264 g/mol. The summed E-state index contributed by atoms with van der Waals surface area (Å²) in [6, 6.07) is 3.55. The molecule has 0 aliphatic rings. The fraction of sp³-hybridized carbons (Fsp3) is 0.222. The third-order valence-electron chi connectivity index (χ3n) is 1.76. The van der Waals surface area contributed by atoms with Crippen LogP contribution < -0.4 is 0 Å². The molecule has 1 N–H and O–H groups in total. The van der Waals surface area contributed by atoms with Crippen LogP contribution in [0.15, 0.2) is 16.6 Å².